The summed E-state index contributed by atoms with van der Waals surface area (Å²) in [7, 11) is 0. The highest BCUT2D eigenvalue weighted by molar-refractivity contribution is 4.59. The lowest BCUT2D eigenvalue weighted by Crippen LogP contribution is -2.25. The van der Waals surface area contributed by atoms with Gasteiger partial charge in [-0.05, 0) is 19.9 Å². The largest absolute Gasteiger partial charge is 0.315 e. The molecule has 0 fully saturated rings. The second kappa shape index (κ2) is 15.0. The smallest absolute Gasteiger partial charge is 0.00386 e. The number of hydrogen-bond acceptors (Lipinski definition) is 1. The Morgan fingerprint density at radius 2 is 1.11 bits per heavy atom. The Kier molecular flexibility index (Phi) is 15.0. The fraction of sp³-hybridized carbons (Fsp3) is 1.00. The minimum absolute atomic E-state index is 0.716. The molecule has 1 heteroatoms. The summed E-state index contributed by atoms with van der Waals surface area (Å²) < 4.78 is 0. The minimum Gasteiger partial charge on any atom is -0.315 e. The predicted octanol–water partition coefficient (Wildman–Crippen LogP) is 5.69. The van der Waals surface area contributed by atoms with E-state index < -0.39 is 0 Å². The average Bonchev–Trinajstić information content (AvgIpc) is 2.36. The standard InChI is InChI=1S/C17H37N/c1-4-6-7-8-9-10-11-12-13-14-15-16-17(3)18-5-2/h17-18H,4-16H2,1-3H3. The Bertz CT molecular complexity index is 145. The molecule has 0 amide bonds. The van der Waals surface area contributed by atoms with E-state index in [2.05, 4.69) is 26.1 Å². The van der Waals surface area contributed by atoms with Gasteiger partial charge in [0, 0.05) is 6.04 Å². The van der Waals surface area contributed by atoms with Crippen LogP contribution in [-0.2, 0) is 0 Å². The van der Waals surface area contributed by atoms with Gasteiger partial charge in [0.25, 0.3) is 0 Å². The van der Waals surface area contributed by atoms with Crippen molar-refractivity contribution >= 4 is 0 Å². The molecule has 110 valence electrons. The second-order valence-corrected chi connectivity index (χ2v) is 5.78. The highest BCUT2D eigenvalue weighted by Gasteiger charge is 1.98. The maximum atomic E-state index is 3.48. The predicted molar refractivity (Wildman–Crippen MR) is 84.2 cm³/mol. The Labute approximate surface area is 116 Å². The van der Waals surface area contributed by atoms with E-state index in [1.165, 1.54) is 77.0 Å². The van der Waals surface area contributed by atoms with E-state index in [1.54, 1.807) is 0 Å². The maximum Gasteiger partial charge on any atom is 0.00386 e. The zero-order valence-corrected chi connectivity index (χ0v) is 13.3. The molecule has 1 nitrogen and oxygen atoms in total. The first-order chi connectivity index (χ1) is 8.81. The van der Waals surface area contributed by atoms with Crippen molar-refractivity contribution in [3.63, 3.8) is 0 Å². The van der Waals surface area contributed by atoms with Gasteiger partial charge in [-0.1, -0.05) is 84.5 Å². The van der Waals surface area contributed by atoms with Crippen molar-refractivity contribution in [2.45, 2.75) is 104 Å². The molecule has 0 aromatic heterocycles. The van der Waals surface area contributed by atoms with Crippen molar-refractivity contribution in [3.8, 4) is 0 Å². The summed E-state index contributed by atoms with van der Waals surface area (Å²) in [6, 6.07) is 0.716. The highest BCUT2D eigenvalue weighted by Crippen LogP contribution is 2.12. The van der Waals surface area contributed by atoms with Gasteiger partial charge in [-0.15, -0.1) is 0 Å². The van der Waals surface area contributed by atoms with E-state index in [0.29, 0.717) is 6.04 Å². The van der Waals surface area contributed by atoms with Gasteiger partial charge in [0.1, 0.15) is 0 Å². The van der Waals surface area contributed by atoms with Crippen molar-refractivity contribution in [2.24, 2.45) is 0 Å². The fourth-order valence-electron chi connectivity index (χ4n) is 2.57. The summed E-state index contributed by atoms with van der Waals surface area (Å²) in [5.41, 5.74) is 0. The molecular weight excluding hydrogens is 218 g/mol. The molecule has 0 aliphatic heterocycles. The summed E-state index contributed by atoms with van der Waals surface area (Å²) >= 11 is 0. The van der Waals surface area contributed by atoms with Crippen molar-refractivity contribution in [2.75, 3.05) is 6.54 Å². The van der Waals surface area contributed by atoms with Gasteiger partial charge in [0.2, 0.25) is 0 Å². The third kappa shape index (κ3) is 14.0. The first-order valence-electron chi connectivity index (χ1n) is 8.54. The van der Waals surface area contributed by atoms with E-state index in [-0.39, 0.29) is 0 Å². The van der Waals surface area contributed by atoms with Crippen LogP contribution in [0, 0.1) is 0 Å². The van der Waals surface area contributed by atoms with E-state index in [0.717, 1.165) is 6.54 Å². The molecule has 0 spiro atoms. The van der Waals surface area contributed by atoms with Crippen molar-refractivity contribution < 1.29 is 0 Å². The van der Waals surface area contributed by atoms with Crippen LogP contribution in [-0.4, -0.2) is 12.6 Å². The monoisotopic (exact) mass is 255 g/mol. The van der Waals surface area contributed by atoms with Crippen LogP contribution in [0.4, 0.5) is 0 Å². The molecule has 1 atom stereocenters. The number of unbranched alkanes of at least 4 members (excludes halogenated alkanes) is 10. The summed E-state index contributed by atoms with van der Waals surface area (Å²) in [6.45, 7) is 7.90. The molecular formula is C17H37N. The molecule has 0 aromatic rings. The fourth-order valence-corrected chi connectivity index (χ4v) is 2.57. The molecule has 1 N–H and O–H groups in total. The summed E-state index contributed by atoms with van der Waals surface area (Å²) in [5, 5.41) is 3.48. The third-order valence-electron chi connectivity index (χ3n) is 3.79. The highest BCUT2D eigenvalue weighted by atomic mass is 14.9. The molecule has 0 radical (unpaired) electrons. The van der Waals surface area contributed by atoms with Gasteiger partial charge >= 0.3 is 0 Å². The lowest BCUT2D eigenvalue weighted by molar-refractivity contribution is 0.485. The van der Waals surface area contributed by atoms with Crippen molar-refractivity contribution in [1.82, 2.24) is 5.32 Å². The molecule has 0 heterocycles. The van der Waals surface area contributed by atoms with Gasteiger partial charge in [-0.3, -0.25) is 0 Å². The van der Waals surface area contributed by atoms with E-state index >= 15 is 0 Å². The number of hydrogen-bond donors (Lipinski definition) is 1. The first kappa shape index (κ1) is 18.0. The topological polar surface area (TPSA) is 12.0 Å². The molecule has 0 saturated heterocycles. The Hall–Kier alpha value is -0.0400. The average molecular weight is 255 g/mol. The third-order valence-corrected chi connectivity index (χ3v) is 3.79. The first-order valence-corrected chi connectivity index (χ1v) is 8.54. The van der Waals surface area contributed by atoms with Crippen LogP contribution in [0.1, 0.15) is 97.8 Å². The maximum absolute atomic E-state index is 3.48. The Balaban J connectivity index is 2.98. The summed E-state index contributed by atoms with van der Waals surface area (Å²) in [5.74, 6) is 0. The van der Waals surface area contributed by atoms with E-state index in [1.807, 2.05) is 0 Å². The molecule has 1 unspecified atom stereocenters. The van der Waals surface area contributed by atoms with Gasteiger partial charge in [0.15, 0.2) is 0 Å². The quantitative estimate of drug-likeness (QED) is 0.393. The number of nitrogens with one attached hydrogen (secondary N) is 1. The zero-order valence-electron chi connectivity index (χ0n) is 13.3. The van der Waals surface area contributed by atoms with Crippen LogP contribution in [0.2, 0.25) is 0 Å². The lowest BCUT2D eigenvalue weighted by atomic mass is 10.0. The number of rotatable bonds is 14. The molecule has 0 bridgehead atoms. The van der Waals surface area contributed by atoms with Gasteiger partial charge in [-0.2, -0.15) is 0 Å². The lowest BCUT2D eigenvalue weighted by Gasteiger charge is -2.11. The molecule has 18 heavy (non-hydrogen) atoms. The van der Waals surface area contributed by atoms with Gasteiger partial charge in [-0.25, -0.2) is 0 Å². The van der Waals surface area contributed by atoms with Crippen LogP contribution in [0.3, 0.4) is 0 Å². The Morgan fingerprint density at radius 1 is 0.667 bits per heavy atom. The van der Waals surface area contributed by atoms with Crippen molar-refractivity contribution in [3.05, 3.63) is 0 Å². The molecule has 0 saturated carbocycles. The van der Waals surface area contributed by atoms with E-state index in [9.17, 15) is 0 Å². The second-order valence-electron chi connectivity index (χ2n) is 5.78. The van der Waals surface area contributed by atoms with E-state index in [4.69, 9.17) is 0 Å². The molecule has 0 aliphatic carbocycles. The van der Waals surface area contributed by atoms with Gasteiger partial charge in [0.05, 0.1) is 0 Å². The SMILES string of the molecule is CCCCCCCCCCCCCC(C)NCC. The van der Waals surface area contributed by atoms with Crippen LogP contribution < -0.4 is 5.32 Å². The molecule has 0 aliphatic rings. The van der Waals surface area contributed by atoms with Crippen LogP contribution in [0.25, 0.3) is 0 Å². The Morgan fingerprint density at radius 3 is 1.56 bits per heavy atom. The van der Waals surface area contributed by atoms with Crippen molar-refractivity contribution in [1.29, 1.82) is 0 Å². The minimum atomic E-state index is 0.716. The van der Waals surface area contributed by atoms with Crippen LogP contribution in [0.15, 0.2) is 0 Å². The molecule has 0 aromatic carbocycles. The van der Waals surface area contributed by atoms with Gasteiger partial charge < -0.3 is 5.32 Å². The van der Waals surface area contributed by atoms with Crippen LogP contribution in [0.5, 0.6) is 0 Å². The molecule has 0 rings (SSSR count). The summed E-state index contributed by atoms with van der Waals surface area (Å²) in [4.78, 5) is 0. The summed E-state index contributed by atoms with van der Waals surface area (Å²) in [6.07, 6.45) is 17.2. The van der Waals surface area contributed by atoms with Crippen LogP contribution >= 0.6 is 0 Å². The zero-order chi connectivity index (χ0) is 13.5. The normalized spacial score (nSPS) is 12.8.